The summed E-state index contributed by atoms with van der Waals surface area (Å²) in [7, 11) is 0. The highest BCUT2D eigenvalue weighted by Gasteiger charge is 2.12. The van der Waals surface area contributed by atoms with Crippen LogP contribution in [0.4, 0.5) is 0 Å². The van der Waals surface area contributed by atoms with Gasteiger partial charge in [-0.1, -0.05) is 27.5 Å². The van der Waals surface area contributed by atoms with Gasteiger partial charge in [0.2, 0.25) is 0 Å². The normalized spacial score (nSPS) is 11.0. The molecule has 21 heavy (non-hydrogen) atoms. The van der Waals surface area contributed by atoms with E-state index in [2.05, 4.69) is 36.8 Å². The van der Waals surface area contributed by atoms with Gasteiger partial charge < -0.3 is 0 Å². The molecule has 0 saturated heterocycles. The van der Waals surface area contributed by atoms with Crippen molar-refractivity contribution in [3.8, 4) is 5.69 Å². The molecule has 3 nitrogen and oxygen atoms in total. The van der Waals surface area contributed by atoms with Crippen molar-refractivity contribution >= 4 is 54.4 Å². The molecule has 0 atom stereocenters. The molecular weight excluding hydrogens is 419 g/mol. The molecule has 0 aliphatic carbocycles. The summed E-state index contributed by atoms with van der Waals surface area (Å²) in [5.41, 5.74) is 1.29. The van der Waals surface area contributed by atoms with E-state index in [0.717, 1.165) is 14.6 Å². The molecule has 6 heteroatoms. The van der Waals surface area contributed by atoms with E-state index < -0.39 is 0 Å². The Morgan fingerprint density at radius 1 is 1.14 bits per heavy atom. The highest BCUT2D eigenvalue weighted by atomic mass is 79.9. The molecule has 2 aromatic carbocycles. The number of hydrogen-bond acceptors (Lipinski definition) is 2. The van der Waals surface area contributed by atoms with Crippen molar-refractivity contribution in [2.75, 3.05) is 0 Å². The lowest BCUT2D eigenvalue weighted by Gasteiger charge is -2.12. The van der Waals surface area contributed by atoms with Gasteiger partial charge in [-0.05, 0) is 59.3 Å². The van der Waals surface area contributed by atoms with E-state index in [1.54, 1.807) is 34.9 Å². The summed E-state index contributed by atoms with van der Waals surface area (Å²) in [5.74, 6) is 0.623. The average Bonchev–Trinajstić information content (AvgIpc) is 2.42. The molecule has 0 aliphatic heterocycles. The van der Waals surface area contributed by atoms with Crippen molar-refractivity contribution in [3.63, 3.8) is 0 Å². The fourth-order valence-corrected chi connectivity index (χ4v) is 3.66. The highest BCUT2D eigenvalue weighted by molar-refractivity contribution is 9.11. The zero-order valence-electron chi connectivity index (χ0n) is 10.9. The quantitative estimate of drug-likeness (QED) is 0.554. The predicted molar refractivity (Wildman–Crippen MR) is 92.5 cm³/mol. The smallest absolute Gasteiger partial charge is 0.266 e. The molecular formula is C15H9Br2ClN2O. The van der Waals surface area contributed by atoms with Gasteiger partial charge in [-0.15, -0.1) is 0 Å². The lowest BCUT2D eigenvalue weighted by atomic mass is 10.2. The maximum atomic E-state index is 12.8. The number of hydrogen-bond donors (Lipinski definition) is 0. The maximum Gasteiger partial charge on any atom is 0.266 e. The molecule has 0 radical (unpaired) electrons. The Labute approximate surface area is 142 Å². The van der Waals surface area contributed by atoms with Crippen LogP contribution in [0.1, 0.15) is 5.82 Å². The van der Waals surface area contributed by atoms with E-state index >= 15 is 0 Å². The van der Waals surface area contributed by atoms with E-state index in [-0.39, 0.29) is 5.56 Å². The minimum Gasteiger partial charge on any atom is -0.268 e. The Bertz CT molecular complexity index is 904. The van der Waals surface area contributed by atoms with Gasteiger partial charge >= 0.3 is 0 Å². The minimum atomic E-state index is -0.109. The van der Waals surface area contributed by atoms with Crippen LogP contribution < -0.4 is 5.56 Å². The van der Waals surface area contributed by atoms with Crippen LogP contribution in [0.3, 0.4) is 0 Å². The molecule has 0 aliphatic rings. The van der Waals surface area contributed by atoms with Gasteiger partial charge in [0.05, 0.1) is 16.6 Å². The van der Waals surface area contributed by atoms with E-state index in [1.165, 1.54) is 0 Å². The topological polar surface area (TPSA) is 34.9 Å². The molecule has 3 aromatic rings. The Kier molecular flexibility index (Phi) is 3.90. The molecule has 1 heterocycles. The van der Waals surface area contributed by atoms with E-state index in [9.17, 15) is 4.79 Å². The second-order valence-electron chi connectivity index (χ2n) is 4.56. The number of halogens is 3. The molecule has 3 rings (SSSR count). The molecule has 0 unspecified atom stereocenters. The first-order valence-corrected chi connectivity index (χ1v) is 8.08. The van der Waals surface area contributed by atoms with Crippen LogP contribution in [0, 0.1) is 6.92 Å². The van der Waals surface area contributed by atoms with Crippen LogP contribution in [-0.4, -0.2) is 9.55 Å². The van der Waals surface area contributed by atoms with E-state index in [0.29, 0.717) is 21.7 Å². The van der Waals surface area contributed by atoms with Crippen molar-refractivity contribution in [1.82, 2.24) is 9.55 Å². The molecule has 0 fully saturated rings. The predicted octanol–water partition coefficient (Wildman–Crippen LogP) is 4.87. The van der Waals surface area contributed by atoms with Crippen molar-refractivity contribution in [2.45, 2.75) is 6.92 Å². The first-order chi connectivity index (χ1) is 9.97. The number of rotatable bonds is 1. The van der Waals surface area contributed by atoms with Crippen molar-refractivity contribution in [1.29, 1.82) is 0 Å². The van der Waals surface area contributed by atoms with Gasteiger partial charge in [-0.25, -0.2) is 4.98 Å². The summed E-state index contributed by atoms with van der Waals surface area (Å²) in [6.45, 7) is 1.81. The summed E-state index contributed by atoms with van der Waals surface area (Å²) in [6.07, 6.45) is 0. The average molecular weight is 429 g/mol. The van der Waals surface area contributed by atoms with Crippen LogP contribution in [0.5, 0.6) is 0 Å². The highest BCUT2D eigenvalue weighted by Crippen LogP contribution is 2.26. The Morgan fingerprint density at radius 3 is 2.48 bits per heavy atom. The number of aromatic nitrogens is 2. The largest absolute Gasteiger partial charge is 0.268 e. The molecule has 0 spiro atoms. The second kappa shape index (κ2) is 5.55. The number of benzene rings is 2. The summed E-state index contributed by atoms with van der Waals surface area (Å²) in [5, 5.41) is 1.18. The zero-order chi connectivity index (χ0) is 15.1. The molecule has 0 bridgehead atoms. The molecule has 0 amide bonds. The third-order valence-electron chi connectivity index (χ3n) is 3.14. The molecule has 0 N–H and O–H groups in total. The molecule has 106 valence electrons. The summed E-state index contributed by atoms with van der Waals surface area (Å²) in [4.78, 5) is 17.3. The van der Waals surface area contributed by atoms with Crippen LogP contribution in [0.15, 0.2) is 50.1 Å². The number of aryl methyl sites for hydroxylation is 1. The summed E-state index contributed by atoms with van der Waals surface area (Å²) >= 11 is 12.8. The van der Waals surface area contributed by atoms with Crippen LogP contribution >= 0.6 is 43.5 Å². The lowest BCUT2D eigenvalue weighted by Crippen LogP contribution is -2.22. The van der Waals surface area contributed by atoms with Crippen molar-refractivity contribution < 1.29 is 0 Å². The second-order valence-corrected chi connectivity index (χ2v) is 6.77. The molecule has 0 saturated carbocycles. The van der Waals surface area contributed by atoms with Crippen LogP contribution in [-0.2, 0) is 0 Å². The van der Waals surface area contributed by atoms with Gasteiger partial charge in [0.15, 0.2) is 0 Å². The lowest BCUT2D eigenvalue weighted by molar-refractivity contribution is 0.894. The van der Waals surface area contributed by atoms with Gasteiger partial charge in [0, 0.05) is 14.0 Å². The fraction of sp³-hybridized carbons (Fsp3) is 0.0667. The summed E-state index contributed by atoms with van der Waals surface area (Å²) < 4.78 is 3.19. The minimum absolute atomic E-state index is 0.109. The maximum absolute atomic E-state index is 12.8. The molecule has 1 aromatic heterocycles. The third-order valence-corrected chi connectivity index (χ3v) is 4.46. The van der Waals surface area contributed by atoms with Crippen molar-refractivity contribution in [3.05, 3.63) is 66.5 Å². The van der Waals surface area contributed by atoms with E-state index in [1.807, 2.05) is 13.0 Å². The third kappa shape index (κ3) is 2.65. The van der Waals surface area contributed by atoms with Gasteiger partial charge in [-0.3, -0.25) is 9.36 Å². The van der Waals surface area contributed by atoms with Crippen LogP contribution in [0.25, 0.3) is 16.6 Å². The Balaban J connectivity index is 2.39. The van der Waals surface area contributed by atoms with E-state index in [4.69, 9.17) is 11.6 Å². The first-order valence-electron chi connectivity index (χ1n) is 6.12. The zero-order valence-corrected chi connectivity index (χ0v) is 14.8. The monoisotopic (exact) mass is 426 g/mol. The van der Waals surface area contributed by atoms with Crippen LogP contribution in [0.2, 0.25) is 5.02 Å². The van der Waals surface area contributed by atoms with Gasteiger partial charge in [-0.2, -0.15) is 0 Å². The SMILES string of the molecule is Cc1nc2c(Br)cc(Br)cc2c(=O)n1-c1ccc(Cl)cc1. The Hall–Kier alpha value is -1.17. The fourth-order valence-electron chi connectivity index (χ4n) is 2.22. The summed E-state index contributed by atoms with van der Waals surface area (Å²) in [6, 6.07) is 10.8. The van der Waals surface area contributed by atoms with Gasteiger partial charge in [0.25, 0.3) is 5.56 Å². The number of fused-ring (bicyclic) bond motifs is 1. The Morgan fingerprint density at radius 2 is 1.81 bits per heavy atom. The van der Waals surface area contributed by atoms with Gasteiger partial charge in [0.1, 0.15) is 5.82 Å². The van der Waals surface area contributed by atoms with Crippen molar-refractivity contribution in [2.24, 2.45) is 0 Å². The number of nitrogens with zero attached hydrogens (tertiary/aromatic N) is 2. The first kappa shape index (κ1) is 14.8. The standard InChI is InChI=1S/C15H9Br2ClN2O/c1-8-19-14-12(6-9(16)7-13(14)17)15(21)20(8)11-4-2-10(18)3-5-11/h2-7H,1H3.